The molecule has 0 bridgehead atoms. The molecule has 204 valence electrons. The molecular weight excluding hydrogens is 464 g/mol. The number of aliphatic hydroxyl groups excluding tert-OH is 1. The number of likely N-dealkylation sites (tertiary alicyclic amines) is 2. The van der Waals surface area contributed by atoms with Crippen LogP contribution in [0, 0.1) is 0 Å². The number of hydrogen-bond donors (Lipinski definition) is 2. The van der Waals surface area contributed by atoms with Gasteiger partial charge in [-0.15, -0.1) is 0 Å². The molecule has 5 rings (SSSR count). The van der Waals surface area contributed by atoms with Crippen LogP contribution in [-0.4, -0.2) is 80.2 Å². The Bertz CT molecular complexity index is 1050. The molecule has 2 aliphatic heterocycles. The van der Waals surface area contributed by atoms with E-state index in [4.69, 9.17) is 9.97 Å². The van der Waals surface area contributed by atoms with Gasteiger partial charge in [-0.1, -0.05) is 19.8 Å². The molecule has 8 heteroatoms. The second-order valence-corrected chi connectivity index (χ2v) is 11.8. The normalized spacial score (nSPS) is 26.9. The Kier molecular flexibility index (Phi) is 8.34. The number of nitrogens with one attached hydrogen (secondary N) is 1. The summed E-state index contributed by atoms with van der Waals surface area (Å²) in [6, 6.07) is 0.752. The Morgan fingerprint density at radius 2 is 1.86 bits per heavy atom. The first-order chi connectivity index (χ1) is 17.9. The number of likely N-dealkylation sites (N-methyl/N-ethyl adjacent to an activating group) is 1. The SMILES string of the molecule is CCC[C@H](C)Nc1ncc2c(C3CCN(C(=O)C4CCCCN4C)CC3)cn(C3CCC(O)CC3)c2n1. The Morgan fingerprint density at radius 3 is 2.57 bits per heavy atom. The van der Waals surface area contributed by atoms with Crippen molar-refractivity contribution in [2.24, 2.45) is 0 Å². The number of piperidine rings is 2. The predicted molar refractivity (Wildman–Crippen MR) is 148 cm³/mol. The predicted octanol–water partition coefficient (Wildman–Crippen LogP) is 4.70. The van der Waals surface area contributed by atoms with Crippen LogP contribution in [0.15, 0.2) is 12.4 Å². The van der Waals surface area contributed by atoms with Crippen LogP contribution in [0.1, 0.15) is 102 Å². The van der Waals surface area contributed by atoms with Gasteiger partial charge in [0.15, 0.2) is 0 Å². The molecule has 3 fully saturated rings. The number of carbonyl (C=O) groups excluding carboxylic acids is 1. The summed E-state index contributed by atoms with van der Waals surface area (Å²) in [6.45, 7) is 7.06. The van der Waals surface area contributed by atoms with Crippen LogP contribution in [0.25, 0.3) is 11.0 Å². The van der Waals surface area contributed by atoms with Crippen LogP contribution in [0.4, 0.5) is 5.95 Å². The molecule has 0 aromatic carbocycles. The van der Waals surface area contributed by atoms with Crippen molar-refractivity contribution in [3.63, 3.8) is 0 Å². The van der Waals surface area contributed by atoms with E-state index in [1.807, 2.05) is 6.20 Å². The van der Waals surface area contributed by atoms with Crippen LogP contribution in [0.5, 0.6) is 0 Å². The van der Waals surface area contributed by atoms with E-state index in [0.717, 1.165) is 94.9 Å². The van der Waals surface area contributed by atoms with Crippen LogP contribution < -0.4 is 5.32 Å². The quantitative estimate of drug-likeness (QED) is 0.562. The molecule has 1 amide bonds. The molecule has 37 heavy (non-hydrogen) atoms. The summed E-state index contributed by atoms with van der Waals surface area (Å²) in [4.78, 5) is 27.4. The van der Waals surface area contributed by atoms with Crippen molar-refractivity contribution >= 4 is 22.9 Å². The number of carbonyl (C=O) groups is 1. The minimum Gasteiger partial charge on any atom is -0.393 e. The second kappa shape index (κ2) is 11.7. The third-order valence-corrected chi connectivity index (χ3v) is 9.06. The summed E-state index contributed by atoms with van der Waals surface area (Å²) < 4.78 is 2.38. The van der Waals surface area contributed by atoms with Crippen molar-refractivity contribution in [3.05, 3.63) is 18.0 Å². The zero-order valence-electron chi connectivity index (χ0n) is 23.0. The maximum atomic E-state index is 13.3. The highest BCUT2D eigenvalue weighted by atomic mass is 16.3. The smallest absolute Gasteiger partial charge is 0.239 e. The van der Waals surface area contributed by atoms with E-state index >= 15 is 0 Å². The first kappa shape index (κ1) is 26.4. The number of aromatic nitrogens is 3. The molecule has 4 heterocycles. The third-order valence-electron chi connectivity index (χ3n) is 9.06. The van der Waals surface area contributed by atoms with Gasteiger partial charge in [0.1, 0.15) is 5.65 Å². The number of nitrogens with zero attached hydrogens (tertiary/aromatic N) is 5. The molecule has 3 aliphatic rings. The van der Waals surface area contributed by atoms with Crippen molar-refractivity contribution in [1.29, 1.82) is 0 Å². The molecule has 2 saturated heterocycles. The van der Waals surface area contributed by atoms with E-state index in [0.29, 0.717) is 29.9 Å². The molecule has 2 aromatic rings. The molecule has 2 atom stereocenters. The van der Waals surface area contributed by atoms with Crippen LogP contribution in [0.3, 0.4) is 0 Å². The zero-order chi connectivity index (χ0) is 25.9. The maximum Gasteiger partial charge on any atom is 0.239 e. The molecule has 2 N–H and O–H groups in total. The molecule has 0 radical (unpaired) electrons. The van der Waals surface area contributed by atoms with Crippen LogP contribution in [0.2, 0.25) is 0 Å². The average Bonchev–Trinajstić information content (AvgIpc) is 3.28. The average molecular weight is 511 g/mol. The highest BCUT2D eigenvalue weighted by molar-refractivity contribution is 5.83. The van der Waals surface area contributed by atoms with E-state index in [9.17, 15) is 9.90 Å². The molecule has 0 spiro atoms. The monoisotopic (exact) mass is 510 g/mol. The lowest BCUT2D eigenvalue weighted by atomic mass is 9.89. The highest BCUT2D eigenvalue weighted by Crippen LogP contribution is 2.38. The van der Waals surface area contributed by atoms with Crippen molar-refractivity contribution in [2.75, 3.05) is 32.0 Å². The third kappa shape index (κ3) is 5.80. The van der Waals surface area contributed by atoms with Crippen LogP contribution in [-0.2, 0) is 4.79 Å². The van der Waals surface area contributed by atoms with Crippen molar-refractivity contribution in [3.8, 4) is 0 Å². The number of amides is 1. The molecule has 1 saturated carbocycles. The number of aliphatic hydroxyl groups is 1. The van der Waals surface area contributed by atoms with Gasteiger partial charge in [-0.25, -0.2) is 4.98 Å². The number of hydrogen-bond acceptors (Lipinski definition) is 6. The topological polar surface area (TPSA) is 86.5 Å². The maximum absolute atomic E-state index is 13.3. The fraction of sp³-hybridized carbons (Fsp3) is 0.759. The minimum atomic E-state index is -0.177. The zero-order valence-corrected chi connectivity index (χ0v) is 23.0. The van der Waals surface area contributed by atoms with Gasteiger partial charge in [0.05, 0.1) is 12.1 Å². The van der Waals surface area contributed by atoms with E-state index in [-0.39, 0.29) is 12.1 Å². The van der Waals surface area contributed by atoms with Gasteiger partial charge in [0.2, 0.25) is 11.9 Å². The molecule has 1 unspecified atom stereocenters. The van der Waals surface area contributed by atoms with Crippen LogP contribution >= 0.6 is 0 Å². The largest absolute Gasteiger partial charge is 0.393 e. The van der Waals surface area contributed by atoms with E-state index in [1.165, 1.54) is 12.0 Å². The summed E-state index contributed by atoms with van der Waals surface area (Å²) in [5.74, 6) is 1.43. The first-order valence-electron chi connectivity index (χ1n) is 14.8. The highest BCUT2D eigenvalue weighted by Gasteiger charge is 2.33. The lowest BCUT2D eigenvalue weighted by molar-refractivity contribution is -0.138. The van der Waals surface area contributed by atoms with Crippen molar-refractivity contribution in [1.82, 2.24) is 24.3 Å². The minimum absolute atomic E-state index is 0.0586. The summed E-state index contributed by atoms with van der Waals surface area (Å²) >= 11 is 0. The number of anilines is 1. The fourth-order valence-electron chi connectivity index (χ4n) is 6.80. The summed E-state index contributed by atoms with van der Waals surface area (Å²) in [6.07, 6.45) is 15.3. The Morgan fingerprint density at radius 1 is 1.11 bits per heavy atom. The van der Waals surface area contributed by atoms with Gasteiger partial charge < -0.3 is 19.9 Å². The molecular formula is C29H46N6O2. The Labute approximate surface area is 221 Å². The van der Waals surface area contributed by atoms with Gasteiger partial charge in [-0.05, 0) is 89.8 Å². The second-order valence-electron chi connectivity index (χ2n) is 11.8. The van der Waals surface area contributed by atoms with E-state index in [1.54, 1.807) is 0 Å². The Hall–Kier alpha value is -2.19. The fourth-order valence-corrected chi connectivity index (χ4v) is 6.80. The standard InChI is InChI=1S/C29H46N6O2/c1-4-7-20(2)31-29-30-18-24-25(19-35(27(24)32-29)22-9-11-23(36)12-10-22)21-13-16-34(17-14-21)28(37)26-8-5-6-15-33(26)3/h18-23,26,36H,4-17H2,1-3H3,(H,30,31,32)/t20-,22?,23?,26?/m0/s1. The summed E-state index contributed by atoms with van der Waals surface area (Å²) in [7, 11) is 2.10. The van der Waals surface area contributed by atoms with Gasteiger partial charge in [-0.3, -0.25) is 9.69 Å². The number of fused-ring (bicyclic) bond motifs is 1. The molecule has 8 nitrogen and oxygen atoms in total. The summed E-state index contributed by atoms with van der Waals surface area (Å²) in [5, 5.41) is 14.7. The van der Waals surface area contributed by atoms with Crippen molar-refractivity contribution < 1.29 is 9.90 Å². The van der Waals surface area contributed by atoms with Gasteiger partial charge in [0, 0.05) is 43.0 Å². The summed E-state index contributed by atoms with van der Waals surface area (Å²) in [5.41, 5.74) is 2.34. The van der Waals surface area contributed by atoms with E-state index < -0.39 is 0 Å². The first-order valence-corrected chi connectivity index (χ1v) is 14.8. The number of rotatable bonds is 7. The Balaban J connectivity index is 1.36. The van der Waals surface area contributed by atoms with Gasteiger partial charge in [0.25, 0.3) is 0 Å². The molecule has 2 aromatic heterocycles. The molecule has 1 aliphatic carbocycles. The van der Waals surface area contributed by atoms with E-state index in [2.05, 4.69) is 46.8 Å². The lowest BCUT2D eigenvalue weighted by Crippen LogP contribution is -2.51. The lowest BCUT2D eigenvalue weighted by Gasteiger charge is -2.38. The van der Waals surface area contributed by atoms with Gasteiger partial charge >= 0.3 is 0 Å². The van der Waals surface area contributed by atoms with Gasteiger partial charge in [-0.2, -0.15) is 4.98 Å². The van der Waals surface area contributed by atoms with Crippen molar-refractivity contribution in [2.45, 2.75) is 115 Å².